The predicted octanol–water partition coefficient (Wildman–Crippen LogP) is 7.48. The average molecular weight is 588 g/mol. The van der Waals surface area contributed by atoms with E-state index in [2.05, 4.69) is 6.92 Å². The summed E-state index contributed by atoms with van der Waals surface area (Å²) in [5, 5.41) is 8.86. The topological polar surface area (TPSA) is 20.2 Å². The number of hydrogen-bond acceptors (Lipinski definition) is 1. The molecule has 2 atom stereocenters. The number of alkyl halides is 3. The molecule has 0 saturated heterocycles. The molecule has 2 unspecified atom stereocenters. The van der Waals surface area contributed by atoms with Gasteiger partial charge < -0.3 is 5.11 Å². The molecule has 0 radical (unpaired) electrons. The maximum atomic E-state index is 11.9. The van der Waals surface area contributed by atoms with E-state index in [1.807, 2.05) is 6.92 Å². The summed E-state index contributed by atoms with van der Waals surface area (Å²) in [5.74, 6) is -1.09. The van der Waals surface area contributed by atoms with Gasteiger partial charge in [0, 0.05) is 0 Å². The van der Waals surface area contributed by atoms with Crippen molar-refractivity contribution in [1.82, 2.24) is 0 Å². The van der Waals surface area contributed by atoms with Crippen LogP contribution in [0.5, 0.6) is 0 Å². The summed E-state index contributed by atoms with van der Waals surface area (Å²) < 4.78 is 35.7. The summed E-state index contributed by atoms with van der Waals surface area (Å²) in [6.07, 6.45) is -0.00979. The Kier molecular flexibility index (Phi) is 48.2. The van der Waals surface area contributed by atoms with Gasteiger partial charge in [0.05, 0.1) is 12.0 Å². The number of halogens is 3. The maximum absolute atomic E-state index is 11.9. The summed E-state index contributed by atoms with van der Waals surface area (Å²) in [5.41, 5.74) is 0. The smallest absolute Gasteiger partial charge is 0.391 e. The van der Waals surface area contributed by atoms with Crippen LogP contribution in [0.4, 0.5) is 13.2 Å². The second-order valence-electron chi connectivity index (χ2n) is 4.29. The molecule has 0 aromatic heterocycles. The Labute approximate surface area is 133 Å². The normalized spacial score (nSPS) is 11.5. The molecule has 0 aliphatic rings. The fourth-order valence-electron chi connectivity index (χ4n) is 1.49. The molecule has 5 heteroatoms. The molecule has 0 saturated carbocycles. The Morgan fingerprint density at radius 1 is 0.773 bits per heavy atom. The Morgan fingerprint density at radius 2 is 1.14 bits per heavy atom. The van der Waals surface area contributed by atoms with Gasteiger partial charge in [0.2, 0.25) is 0 Å². The van der Waals surface area contributed by atoms with Gasteiger partial charge >= 0.3 is 6.18 Å². The number of aliphatic hydroxyl groups excluding tert-OH is 1. The molecule has 0 heterocycles. The molecular weight excluding hydrogens is 544 g/mol. The van der Waals surface area contributed by atoms with Crippen molar-refractivity contribution >= 4 is 0 Å². The Morgan fingerprint density at radius 3 is 1.23 bits per heavy atom. The van der Waals surface area contributed by atoms with Crippen LogP contribution < -0.4 is 0 Å². The third kappa shape index (κ3) is 27.2. The third-order valence-electron chi connectivity index (χ3n) is 2.69. The first-order chi connectivity index (χ1) is 7.83. The Balaban J connectivity index is -0.0000000345. The van der Waals surface area contributed by atoms with Crippen LogP contribution in [0, 0.1) is 5.92 Å². The van der Waals surface area contributed by atoms with Crippen molar-refractivity contribution in [2.45, 2.75) is 108 Å². The summed E-state index contributed by atoms with van der Waals surface area (Å²) in [7, 11) is 0. The van der Waals surface area contributed by atoms with Crippen LogP contribution in [0.2, 0.25) is 0 Å². The van der Waals surface area contributed by atoms with Crippen molar-refractivity contribution < 1.29 is 18.3 Å². The molecule has 140 valence electrons. The van der Waals surface area contributed by atoms with Crippen molar-refractivity contribution in [3.05, 3.63) is 0 Å². The quantitative estimate of drug-likeness (QED) is 0.342. The zero-order valence-corrected chi connectivity index (χ0v) is 18.6. The van der Waals surface area contributed by atoms with Gasteiger partial charge in [-0.05, 0) is 25.7 Å². The molecule has 0 amide bonds. The summed E-state index contributed by atoms with van der Waals surface area (Å²) in [6, 6.07) is 0. The number of aliphatic hydroxyl groups is 1. The summed E-state index contributed by atoms with van der Waals surface area (Å²) in [6.45, 7) is 7.43. The molecule has 0 bridgehead atoms. The maximum Gasteiger partial charge on any atom is 0.391 e. The van der Waals surface area contributed by atoms with Crippen LogP contribution in [0.1, 0.15) is 95.9 Å². The monoisotopic (exact) mass is 587 g/mol. The Bertz CT molecular complexity index is 164. The van der Waals surface area contributed by atoms with E-state index < -0.39 is 12.1 Å². The summed E-state index contributed by atoms with van der Waals surface area (Å²) in [4.78, 5) is 0. The van der Waals surface area contributed by atoms with Gasteiger partial charge in [0.1, 0.15) is 0 Å². The van der Waals surface area contributed by atoms with Gasteiger partial charge in [-0.2, -0.15) is 13.2 Å². The van der Waals surface area contributed by atoms with Crippen molar-refractivity contribution in [3.8, 4) is 0 Å². The van der Waals surface area contributed by atoms with E-state index in [0.29, 0.717) is 6.42 Å². The molecule has 0 fully saturated rings. The van der Waals surface area contributed by atoms with Gasteiger partial charge in [-0.1, -0.05) is 70.2 Å². The van der Waals surface area contributed by atoms with Gasteiger partial charge in [0.25, 0.3) is 0 Å². The van der Waals surface area contributed by atoms with Crippen molar-refractivity contribution in [2.24, 2.45) is 5.92 Å². The van der Waals surface area contributed by atoms with E-state index in [-0.39, 0.29) is 48.7 Å². The molecule has 1 nitrogen and oxygen atoms in total. The molecule has 0 aromatic rings. The fraction of sp³-hybridized carbons (Fsp3) is 1.00. The van der Waals surface area contributed by atoms with E-state index in [4.69, 9.17) is 5.11 Å². The van der Waals surface area contributed by atoms with E-state index >= 15 is 0 Å². The van der Waals surface area contributed by atoms with Crippen molar-refractivity contribution in [2.75, 3.05) is 0 Å². The van der Waals surface area contributed by atoms with Gasteiger partial charge in [-0.3, -0.25) is 0 Å². The average Bonchev–Trinajstić information content (AvgIpc) is 2.25. The number of hydrogen-bond donors (Lipinski definition) is 1. The molecule has 1 N–H and O–H groups in total. The minimum atomic E-state index is -3.98. The zero-order valence-electron chi connectivity index (χ0n) is 12.2. The van der Waals surface area contributed by atoms with Crippen LogP contribution in [-0.2, 0) is 0 Å². The van der Waals surface area contributed by atoms with Crippen LogP contribution >= 0.6 is 0 Å². The van der Waals surface area contributed by atoms with Crippen LogP contribution in [-0.4, -0.2) is 17.4 Å². The van der Waals surface area contributed by atoms with Crippen molar-refractivity contribution in [3.63, 3.8) is 0 Å². The van der Waals surface area contributed by atoms with Gasteiger partial charge in [0.15, 0.2) is 0 Å². The van der Waals surface area contributed by atoms with Crippen LogP contribution in [0.15, 0.2) is 0 Å². The van der Waals surface area contributed by atoms with Gasteiger partial charge in [-0.15, -0.1) is 0 Å². The van der Waals surface area contributed by atoms with Crippen LogP contribution in [0.25, 0.3) is 0 Å². The van der Waals surface area contributed by atoms with E-state index in [9.17, 15) is 13.2 Å². The largest absolute Gasteiger partial charge is 0.393 e. The van der Waals surface area contributed by atoms with Crippen molar-refractivity contribution in [1.29, 1.82) is 0 Å². The van der Waals surface area contributed by atoms with E-state index in [0.717, 1.165) is 19.3 Å². The number of rotatable bonds is 6. The summed E-state index contributed by atoms with van der Waals surface area (Å²) >= 11 is 0. The Hall–Kier alpha value is -1.25. The SMILES string of the molecule is C.C.C.C.CCCC(CC)C(F)(F)F.CCCC(O)CC.[Rf]. The zero-order chi connectivity index (χ0) is 13.9. The molecule has 0 aliphatic carbocycles. The minimum Gasteiger partial charge on any atom is -0.393 e. The van der Waals surface area contributed by atoms with Crippen LogP contribution in [0.3, 0.4) is 0 Å². The van der Waals surface area contributed by atoms with Gasteiger partial charge in [-0.25, -0.2) is 0 Å². The minimum absolute atomic E-state index is 0. The third-order valence-corrected chi connectivity index (χ3v) is 2.69. The first-order valence-electron chi connectivity index (χ1n) is 6.58. The molecule has 22 heavy (non-hydrogen) atoms. The second-order valence-corrected chi connectivity index (χ2v) is 4.29. The molecule has 0 rings (SSSR count). The first kappa shape index (κ1) is 42.8. The van der Waals surface area contributed by atoms with E-state index in [1.54, 1.807) is 13.8 Å². The molecular formula is C17H43F3ORf. The molecule has 0 aliphatic heterocycles. The first-order valence-corrected chi connectivity index (χ1v) is 6.58. The second kappa shape index (κ2) is 24.7. The van der Waals surface area contributed by atoms with E-state index in [1.165, 1.54) is 0 Å². The predicted molar refractivity (Wildman–Crippen MR) is 92.9 cm³/mol. The standard InChI is InChI=1S/C7H13F3.C6H14O.4CH4.Rf/c1-3-5-6(4-2)7(8,9)10;1-3-5-6(7)4-2;;;;;/h6H,3-5H2,1-2H3;6-7H,3-5H2,1-2H3;4*1H4;. The molecule has 0 aromatic carbocycles. The fourth-order valence-corrected chi connectivity index (χ4v) is 1.49. The molecule has 0 spiro atoms.